The van der Waals surface area contributed by atoms with Gasteiger partial charge in [0.25, 0.3) is 0 Å². The Morgan fingerprint density at radius 2 is 1.82 bits per heavy atom. The lowest BCUT2D eigenvalue weighted by atomic mass is 9.89. The Balaban J connectivity index is 1.78. The van der Waals surface area contributed by atoms with Crippen LogP contribution >= 0.6 is 0 Å². The predicted molar refractivity (Wildman–Crippen MR) is 132 cm³/mol. The van der Waals surface area contributed by atoms with Crippen molar-refractivity contribution >= 4 is 28.9 Å². The van der Waals surface area contributed by atoms with Crippen molar-refractivity contribution in [2.45, 2.75) is 25.3 Å². The molecule has 6 nitrogen and oxygen atoms in total. The Bertz CT molecular complexity index is 1250. The molecule has 4 rings (SSSR count). The Morgan fingerprint density at radius 1 is 1.06 bits per heavy atom. The lowest BCUT2D eigenvalue weighted by molar-refractivity contribution is -0.118. The Labute approximate surface area is 198 Å². The Hall–Kier alpha value is -3.84. The zero-order valence-electron chi connectivity index (χ0n) is 19.2. The van der Waals surface area contributed by atoms with Crippen molar-refractivity contribution in [1.82, 2.24) is 4.90 Å². The second kappa shape index (κ2) is 9.97. The van der Waals surface area contributed by atoms with Gasteiger partial charge in [0.2, 0.25) is 11.8 Å². The quantitative estimate of drug-likeness (QED) is 0.497. The molecule has 2 amide bonds. The van der Waals surface area contributed by atoms with Gasteiger partial charge in [0, 0.05) is 18.7 Å². The molecule has 1 atom stereocenters. The standard InChI is InChI=1S/C27H27FN4O2/c1-32(2)16-18-6-10-21(11-7-18)30-26(19-5-3-4-17(14-19)8-13-24(29)33)25-22-12-9-20(28)15-23(22)31-27(25)34/h3-7,9-12,14-15,25H,8,13,16H2,1-2H3,(H2,29,33)(H,31,34). The zero-order chi connectivity index (χ0) is 24.2. The summed E-state index contributed by atoms with van der Waals surface area (Å²) in [4.78, 5) is 31.3. The van der Waals surface area contributed by atoms with Crippen molar-refractivity contribution < 1.29 is 14.0 Å². The second-order valence-electron chi connectivity index (χ2n) is 8.72. The first-order valence-corrected chi connectivity index (χ1v) is 11.1. The van der Waals surface area contributed by atoms with Gasteiger partial charge in [-0.3, -0.25) is 14.6 Å². The van der Waals surface area contributed by atoms with Gasteiger partial charge in [-0.2, -0.15) is 0 Å². The highest BCUT2D eigenvalue weighted by Crippen LogP contribution is 2.37. The van der Waals surface area contributed by atoms with E-state index in [4.69, 9.17) is 10.7 Å². The molecule has 1 aliphatic rings. The maximum Gasteiger partial charge on any atom is 0.238 e. The lowest BCUT2D eigenvalue weighted by Gasteiger charge is -2.15. The van der Waals surface area contributed by atoms with Crippen LogP contribution in [-0.2, 0) is 22.6 Å². The van der Waals surface area contributed by atoms with Crippen LogP contribution in [0.3, 0.4) is 0 Å². The number of carbonyl (C=O) groups excluding carboxylic acids is 2. The van der Waals surface area contributed by atoms with E-state index in [1.165, 1.54) is 12.1 Å². The molecule has 3 aromatic rings. The number of primary amides is 1. The maximum atomic E-state index is 13.8. The van der Waals surface area contributed by atoms with E-state index in [-0.39, 0.29) is 18.2 Å². The minimum Gasteiger partial charge on any atom is -0.370 e. The minimum absolute atomic E-state index is 0.231. The molecule has 0 saturated heterocycles. The second-order valence-corrected chi connectivity index (χ2v) is 8.72. The van der Waals surface area contributed by atoms with Crippen LogP contribution in [-0.4, -0.2) is 36.5 Å². The number of fused-ring (bicyclic) bond motifs is 1. The van der Waals surface area contributed by atoms with Crippen LogP contribution in [0.25, 0.3) is 0 Å². The van der Waals surface area contributed by atoms with Crippen LogP contribution in [0.5, 0.6) is 0 Å². The number of nitrogens with two attached hydrogens (primary N) is 1. The number of aryl methyl sites for hydroxylation is 1. The molecule has 7 heteroatoms. The van der Waals surface area contributed by atoms with E-state index in [2.05, 4.69) is 10.2 Å². The van der Waals surface area contributed by atoms with Crippen molar-refractivity contribution in [2.24, 2.45) is 10.7 Å². The fraction of sp³-hybridized carbons (Fsp3) is 0.222. The van der Waals surface area contributed by atoms with Crippen molar-refractivity contribution in [1.29, 1.82) is 0 Å². The summed E-state index contributed by atoms with van der Waals surface area (Å²) in [5.74, 6) is -1.74. The van der Waals surface area contributed by atoms with E-state index >= 15 is 0 Å². The predicted octanol–water partition coefficient (Wildman–Crippen LogP) is 4.16. The molecule has 0 bridgehead atoms. The van der Waals surface area contributed by atoms with Crippen LogP contribution in [0, 0.1) is 5.82 Å². The topological polar surface area (TPSA) is 87.8 Å². The number of halogens is 1. The van der Waals surface area contributed by atoms with Crippen molar-refractivity contribution in [3.63, 3.8) is 0 Å². The molecule has 0 spiro atoms. The van der Waals surface area contributed by atoms with Crippen LogP contribution in [0.4, 0.5) is 15.8 Å². The molecule has 174 valence electrons. The van der Waals surface area contributed by atoms with Gasteiger partial charge in [-0.15, -0.1) is 0 Å². The molecule has 0 saturated carbocycles. The van der Waals surface area contributed by atoms with Crippen molar-refractivity contribution in [3.05, 3.63) is 94.8 Å². The van der Waals surface area contributed by atoms with E-state index < -0.39 is 11.7 Å². The number of carbonyl (C=O) groups is 2. The fourth-order valence-corrected chi connectivity index (χ4v) is 4.14. The molecule has 3 aromatic carbocycles. The smallest absolute Gasteiger partial charge is 0.238 e. The summed E-state index contributed by atoms with van der Waals surface area (Å²) in [6, 6.07) is 19.8. The highest BCUT2D eigenvalue weighted by Gasteiger charge is 2.35. The average Bonchev–Trinajstić information content (AvgIpc) is 3.11. The van der Waals surface area contributed by atoms with Crippen molar-refractivity contribution in [3.8, 4) is 0 Å². The van der Waals surface area contributed by atoms with E-state index in [9.17, 15) is 14.0 Å². The first-order chi connectivity index (χ1) is 16.3. The fourth-order valence-electron chi connectivity index (χ4n) is 4.14. The van der Waals surface area contributed by atoms with E-state index in [0.717, 1.165) is 23.2 Å². The van der Waals surface area contributed by atoms with Crippen molar-refractivity contribution in [2.75, 3.05) is 19.4 Å². The summed E-state index contributed by atoms with van der Waals surface area (Å²) in [6.07, 6.45) is 0.726. The summed E-state index contributed by atoms with van der Waals surface area (Å²) >= 11 is 0. The summed E-state index contributed by atoms with van der Waals surface area (Å²) in [6.45, 7) is 0.808. The average molecular weight is 459 g/mol. The van der Waals surface area contributed by atoms with E-state index in [0.29, 0.717) is 29.1 Å². The van der Waals surface area contributed by atoms with Gasteiger partial charge in [-0.05, 0) is 73.1 Å². The van der Waals surface area contributed by atoms with Crippen LogP contribution in [0.2, 0.25) is 0 Å². The number of hydrogen-bond donors (Lipinski definition) is 2. The number of aliphatic imine (C=N–C) groups is 1. The van der Waals surface area contributed by atoms with Crippen LogP contribution < -0.4 is 11.1 Å². The van der Waals surface area contributed by atoms with Gasteiger partial charge in [0.15, 0.2) is 0 Å². The summed E-state index contributed by atoms with van der Waals surface area (Å²) < 4.78 is 13.8. The number of nitrogens with zero attached hydrogens (tertiary/aromatic N) is 2. The highest BCUT2D eigenvalue weighted by molar-refractivity contribution is 6.24. The van der Waals surface area contributed by atoms with Gasteiger partial charge in [-0.1, -0.05) is 36.4 Å². The number of amides is 2. The molecule has 1 unspecified atom stereocenters. The Morgan fingerprint density at radius 3 is 2.53 bits per heavy atom. The zero-order valence-corrected chi connectivity index (χ0v) is 19.2. The molecule has 1 heterocycles. The monoisotopic (exact) mass is 458 g/mol. The highest BCUT2D eigenvalue weighted by atomic mass is 19.1. The molecule has 0 radical (unpaired) electrons. The first-order valence-electron chi connectivity index (χ1n) is 11.1. The minimum atomic E-state index is -0.691. The SMILES string of the molecule is CN(C)Cc1ccc(N=C(c2cccc(CCC(N)=O)c2)C2C(=O)Nc3cc(F)ccc32)cc1. The number of benzene rings is 3. The van der Waals surface area contributed by atoms with E-state index in [1.54, 1.807) is 6.07 Å². The largest absolute Gasteiger partial charge is 0.370 e. The maximum absolute atomic E-state index is 13.8. The molecular weight excluding hydrogens is 431 g/mol. The van der Waals surface area contributed by atoms with E-state index in [1.807, 2.05) is 62.6 Å². The number of hydrogen-bond acceptors (Lipinski definition) is 4. The number of nitrogens with one attached hydrogen (secondary N) is 1. The van der Waals surface area contributed by atoms with Crippen LogP contribution in [0.1, 0.15) is 34.6 Å². The third-order valence-electron chi connectivity index (χ3n) is 5.69. The molecule has 0 aromatic heterocycles. The summed E-state index contributed by atoms with van der Waals surface area (Å²) in [5.41, 5.74) is 10.5. The van der Waals surface area contributed by atoms with Gasteiger partial charge in [-0.25, -0.2) is 4.39 Å². The first kappa shape index (κ1) is 23.3. The third-order valence-corrected chi connectivity index (χ3v) is 5.69. The van der Waals surface area contributed by atoms with Gasteiger partial charge in [0.1, 0.15) is 11.7 Å². The molecule has 0 aliphatic carbocycles. The molecule has 0 fully saturated rings. The lowest BCUT2D eigenvalue weighted by Crippen LogP contribution is -2.22. The molecule has 1 aliphatic heterocycles. The number of rotatable bonds is 8. The molecule has 3 N–H and O–H groups in total. The summed E-state index contributed by atoms with van der Waals surface area (Å²) in [7, 11) is 4.02. The molecule has 34 heavy (non-hydrogen) atoms. The number of anilines is 1. The third kappa shape index (κ3) is 5.38. The van der Waals surface area contributed by atoms with Gasteiger partial charge < -0.3 is 16.0 Å². The molecular formula is C27H27FN4O2. The van der Waals surface area contributed by atoms with Gasteiger partial charge >= 0.3 is 0 Å². The van der Waals surface area contributed by atoms with Gasteiger partial charge in [0.05, 0.1) is 11.4 Å². The normalized spacial score (nSPS) is 15.4. The Kier molecular flexibility index (Phi) is 6.84. The van der Waals surface area contributed by atoms with Crippen LogP contribution in [0.15, 0.2) is 71.7 Å². The summed E-state index contributed by atoms with van der Waals surface area (Å²) in [5, 5.41) is 2.78.